The first-order valence-electron chi connectivity index (χ1n) is 5.07. The lowest BCUT2D eigenvalue weighted by Crippen LogP contribution is -1.90. The molecule has 0 bridgehead atoms. The molecule has 0 heterocycles. The molecule has 2 aromatic rings. The Kier molecular flexibility index (Phi) is 4.49. The highest BCUT2D eigenvalue weighted by Crippen LogP contribution is 2.31. The normalized spacial score (nSPS) is 10.4. The Labute approximate surface area is 123 Å². The Morgan fingerprint density at radius 3 is 2.56 bits per heavy atom. The van der Waals surface area contributed by atoms with Gasteiger partial charge < -0.3 is 4.74 Å². The van der Waals surface area contributed by atoms with Crippen LogP contribution in [-0.4, -0.2) is 0 Å². The summed E-state index contributed by atoms with van der Waals surface area (Å²) in [5, 5.41) is 1.27. The first kappa shape index (κ1) is 13.7. The molecule has 0 fully saturated rings. The molecule has 1 nitrogen and oxygen atoms in total. The largest absolute Gasteiger partial charge is 0.457 e. The monoisotopic (exact) mass is 348 g/mol. The van der Waals surface area contributed by atoms with E-state index in [-0.39, 0.29) is 5.02 Å². The van der Waals surface area contributed by atoms with Crippen molar-refractivity contribution in [3.8, 4) is 11.5 Å². The Balaban J connectivity index is 2.30. The second kappa shape index (κ2) is 5.91. The predicted molar refractivity (Wildman–Crippen MR) is 75.6 cm³/mol. The zero-order chi connectivity index (χ0) is 13.1. The van der Waals surface area contributed by atoms with Gasteiger partial charge in [-0.05, 0) is 30.3 Å². The summed E-state index contributed by atoms with van der Waals surface area (Å²) < 4.78 is 18.7. The standard InChI is InChI=1S/C13H8BrCl2FO/c14-7-8-5-9(15)1-4-13(8)18-10-2-3-12(17)11(16)6-10/h1-6H,7H2. The van der Waals surface area contributed by atoms with E-state index in [9.17, 15) is 4.39 Å². The van der Waals surface area contributed by atoms with Crippen LogP contribution in [0, 0.1) is 5.82 Å². The van der Waals surface area contributed by atoms with E-state index >= 15 is 0 Å². The molecule has 0 radical (unpaired) electrons. The van der Waals surface area contributed by atoms with Crippen LogP contribution in [-0.2, 0) is 5.33 Å². The molecule has 0 saturated heterocycles. The average molecular weight is 350 g/mol. The number of ether oxygens (including phenoxy) is 1. The number of hydrogen-bond acceptors (Lipinski definition) is 1. The molecule has 2 aromatic carbocycles. The fourth-order valence-electron chi connectivity index (χ4n) is 1.42. The van der Waals surface area contributed by atoms with Crippen molar-refractivity contribution >= 4 is 39.1 Å². The molecule has 0 aliphatic rings. The van der Waals surface area contributed by atoms with E-state index in [0.717, 1.165) is 5.56 Å². The highest BCUT2D eigenvalue weighted by molar-refractivity contribution is 9.08. The zero-order valence-corrected chi connectivity index (χ0v) is 12.2. The topological polar surface area (TPSA) is 9.23 Å². The van der Waals surface area contributed by atoms with Crippen LogP contribution >= 0.6 is 39.1 Å². The smallest absolute Gasteiger partial charge is 0.142 e. The maximum atomic E-state index is 13.0. The molecule has 0 amide bonds. The minimum absolute atomic E-state index is 0.0295. The predicted octanol–water partition coefficient (Wildman–Crippen LogP) is 5.82. The minimum Gasteiger partial charge on any atom is -0.457 e. The molecule has 0 saturated carbocycles. The van der Waals surface area contributed by atoms with Gasteiger partial charge in [-0.1, -0.05) is 39.1 Å². The molecule has 0 atom stereocenters. The summed E-state index contributed by atoms with van der Waals surface area (Å²) in [4.78, 5) is 0. The average Bonchev–Trinajstić information content (AvgIpc) is 2.36. The summed E-state index contributed by atoms with van der Waals surface area (Å²) in [5.41, 5.74) is 0.906. The summed E-state index contributed by atoms with van der Waals surface area (Å²) in [6.07, 6.45) is 0. The van der Waals surface area contributed by atoms with Crippen molar-refractivity contribution < 1.29 is 9.13 Å². The van der Waals surface area contributed by atoms with Gasteiger partial charge in [0, 0.05) is 22.0 Å². The van der Waals surface area contributed by atoms with E-state index in [2.05, 4.69) is 15.9 Å². The van der Waals surface area contributed by atoms with Crippen LogP contribution in [0.25, 0.3) is 0 Å². The van der Waals surface area contributed by atoms with Gasteiger partial charge >= 0.3 is 0 Å². The summed E-state index contributed by atoms with van der Waals surface area (Å²) in [6.45, 7) is 0. The minimum atomic E-state index is -0.471. The third-order valence-corrected chi connectivity index (χ3v) is 3.41. The molecule has 94 valence electrons. The van der Waals surface area contributed by atoms with Crippen molar-refractivity contribution in [1.29, 1.82) is 0 Å². The van der Waals surface area contributed by atoms with Gasteiger partial charge in [-0.15, -0.1) is 0 Å². The maximum absolute atomic E-state index is 13.0. The Bertz CT molecular complexity index is 575. The van der Waals surface area contributed by atoms with Crippen molar-refractivity contribution in [2.75, 3.05) is 0 Å². The SMILES string of the molecule is Fc1ccc(Oc2ccc(Cl)cc2CBr)cc1Cl. The van der Waals surface area contributed by atoms with Crippen molar-refractivity contribution in [1.82, 2.24) is 0 Å². The van der Waals surface area contributed by atoms with Crippen LogP contribution in [0.3, 0.4) is 0 Å². The molecule has 18 heavy (non-hydrogen) atoms. The third-order valence-electron chi connectivity index (χ3n) is 2.29. The van der Waals surface area contributed by atoms with E-state index in [1.807, 2.05) is 0 Å². The molecule has 0 unspecified atom stereocenters. The van der Waals surface area contributed by atoms with Crippen LogP contribution < -0.4 is 4.74 Å². The van der Waals surface area contributed by atoms with Crippen molar-refractivity contribution in [3.05, 3.63) is 57.8 Å². The van der Waals surface area contributed by atoms with Crippen LogP contribution in [0.2, 0.25) is 10.0 Å². The van der Waals surface area contributed by atoms with Crippen LogP contribution in [0.4, 0.5) is 4.39 Å². The van der Waals surface area contributed by atoms with Crippen LogP contribution in [0.15, 0.2) is 36.4 Å². The summed E-state index contributed by atoms with van der Waals surface area (Å²) in [5.74, 6) is 0.658. The fourth-order valence-corrected chi connectivity index (χ4v) is 2.22. The van der Waals surface area contributed by atoms with E-state index in [0.29, 0.717) is 21.9 Å². The highest BCUT2D eigenvalue weighted by atomic mass is 79.9. The molecule has 0 aliphatic heterocycles. The van der Waals surface area contributed by atoms with Gasteiger partial charge in [0.05, 0.1) is 5.02 Å². The van der Waals surface area contributed by atoms with Crippen LogP contribution in [0.5, 0.6) is 11.5 Å². The van der Waals surface area contributed by atoms with Gasteiger partial charge in [-0.3, -0.25) is 0 Å². The van der Waals surface area contributed by atoms with Gasteiger partial charge in [0.1, 0.15) is 17.3 Å². The lowest BCUT2D eigenvalue weighted by Gasteiger charge is -2.10. The lowest BCUT2D eigenvalue weighted by molar-refractivity contribution is 0.476. The van der Waals surface area contributed by atoms with E-state index in [1.54, 1.807) is 18.2 Å². The van der Waals surface area contributed by atoms with Gasteiger partial charge in [0.2, 0.25) is 0 Å². The highest BCUT2D eigenvalue weighted by Gasteiger charge is 2.07. The summed E-state index contributed by atoms with van der Waals surface area (Å²) in [7, 11) is 0. The van der Waals surface area contributed by atoms with E-state index in [4.69, 9.17) is 27.9 Å². The Hall–Kier alpha value is -0.770. The molecule has 0 spiro atoms. The van der Waals surface area contributed by atoms with Gasteiger partial charge in [-0.25, -0.2) is 4.39 Å². The van der Waals surface area contributed by atoms with Crippen molar-refractivity contribution in [3.63, 3.8) is 0 Å². The van der Waals surface area contributed by atoms with Gasteiger partial charge in [-0.2, -0.15) is 0 Å². The van der Waals surface area contributed by atoms with Crippen molar-refractivity contribution in [2.45, 2.75) is 5.33 Å². The van der Waals surface area contributed by atoms with E-state index in [1.165, 1.54) is 18.2 Å². The number of halogens is 4. The quantitative estimate of drug-likeness (QED) is 0.634. The second-order valence-electron chi connectivity index (χ2n) is 3.56. The molecule has 0 N–H and O–H groups in total. The van der Waals surface area contributed by atoms with Crippen molar-refractivity contribution in [2.24, 2.45) is 0 Å². The molecular formula is C13H8BrCl2FO. The summed E-state index contributed by atoms with van der Waals surface area (Å²) >= 11 is 14.9. The summed E-state index contributed by atoms with van der Waals surface area (Å²) in [6, 6.07) is 9.51. The second-order valence-corrected chi connectivity index (χ2v) is 4.97. The third kappa shape index (κ3) is 3.16. The number of rotatable bonds is 3. The number of benzene rings is 2. The molecule has 5 heteroatoms. The zero-order valence-electron chi connectivity index (χ0n) is 9.09. The lowest BCUT2D eigenvalue weighted by atomic mass is 10.2. The first-order valence-corrected chi connectivity index (χ1v) is 6.95. The molecular weight excluding hydrogens is 342 g/mol. The maximum Gasteiger partial charge on any atom is 0.142 e. The Morgan fingerprint density at radius 2 is 1.89 bits per heavy atom. The van der Waals surface area contributed by atoms with Gasteiger partial charge in [0.25, 0.3) is 0 Å². The van der Waals surface area contributed by atoms with E-state index < -0.39 is 5.82 Å². The Morgan fingerprint density at radius 1 is 1.11 bits per heavy atom. The van der Waals surface area contributed by atoms with Crippen LogP contribution in [0.1, 0.15) is 5.56 Å². The first-order chi connectivity index (χ1) is 8.60. The molecule has 0 aromatic heterocycles. The number of alkyl halides is 1. The molecule has 0 aliphatic carbocycles. The number of hydrogen-bond donors (Lipinski definition) is 0. The van der Waals surface area contributed by atoms with Gasteiger partial charge in [0.15, 0.2) is 0 Å². The fraction of sp³-hybridized carbons (Fsp3) is 0.0769. The molecule has 2 rings (SSSR count).